The Hall–Kier alpha value is -2.07. The Morgan fingerprint density at radius 2 is 2.00 bits per heavy atom. The number of carboxylic acids is 1. The van der Waals surface area contributed by atoms with E-state index in [1.165, 1.54) is 0 Å². The predicted octanol–water partition coefficient (Wildman–Crippen LogP) is 3.76. The lowest BCUT2D eigenvalue weighted by Crippen LogP contribution is -1.97. The van der Waals surface area contributed by atoms with Gasteiger partial charge in [-0.3, -0.25) is 0 Å². The lowest BCUT2D eigenvalue weighted by atomic mass is 10.1. The molecule has 0 unspecified atom stereocenters. The van der Waals surface area contributed by atoms with Gasteiger partial charge in [0.25, 0.3) is 0 Å². The van der Waals surface area contributed by atoms with Gasteiger partial charge in [-0.1, -0.05) is 18.2 Å². The van der Waals surface area contributed by atoms with Crippen molar-refractivity contribution >= 4 is 37.5 Å². The van der Waals surface area contributed by atoms with Crippen molar-refractivity contribution < 1.29 is 14.6 Å². The molecule has 3 nitrogen and oxygen atoms in total. The van der Waals surface area contributed by atoms with E-state index in [9.17, 15) is 9.90 Å². The van der Waals surface area contributed by atoms with Crippen LogP contribution in [0.1, 0.15) is 10.4 Å². The first-order valence-corrected chi connectivity index (χ1v) is 6.25. The van der Waals surface area contributed by atoms with Gasteiger partial charge in [-0.2, -0.15) is 0 Å². The van der Waals surface area contributed by atoms with Crippen molar-refractivity contribution in [3.63, 3.8) is 0 Å². The molecule has 0 aliphatic rings. The number of carboxylic acid groups (broad SMARTS) is 1. The van der Waals surface area contributed by atoms with Gasteiger partial charge in [0.2, 0.25) is 0 Å². The maximum Gasteiger partial charge on any atom is 0.336 e. The highest BCUT2D eigenvalue weighted by atomic mass is 32.1. The molecule has 0 saturated carbocycles. The Bertz CT molecular complexity index is 758. The number of thiophene rings is 1. The second-order valence-corrected chi connectivity index (χ2v) is 4.98. The number of benzene rings is 2. The molecule has 3 rings (SSSR count). The number of hydrogen-bond donors (Lipinski definition) is 1. The van der Waals surface area contributed by atoms with Crippen molar-refractivity contribution in [2.75, 3.05) is 7.11 Å². The van der Waals surface area contributed by atoms with Crippen LogP contribution in [0.2, 0.25) is 0 Å². The summed E-state index contributed by atoms with van der Waals surface area (Å²) in [6.07, 6.45) is 0. The summed E-state index contributed by atoms with van der Waals surface area (Å²) in [5.74, 6) is -0.192. The van der Waals surface area contributed by atoms with Crippen LogP contribution >= 0.6 is 11.3 Å². The third-order valence-electron chi connectivity index (χ3n) is 2.94. The van der Waals surface area contributed by atoms with Crippen LogP contribution in [-0.2, 0) is 0 Å². The zero-order valence-corrected chi connectivity index (χ0v) is 10.5. The molecular formula is C14H10O3S. The molecule has 90 valence electrons. The fourth-order valence-electron chi connectivity index (χ4n) is 2.14. The number of ether oxygens (including phenoxy) is 1. The monoisotopic (exact) mass is 258 g/mol. The molecule has 0 aliphatic heterocycles. The number of methoxy groups -OCH3 is 1. The van der Waals surface area contributed by atoms with E-state index >= 15 is 0 Å². The highest BCUT2D eigenvalue weighted by Crippen LogP contribution is 2.40. The summed E-state index contributed by atoms with van der Waals surface area (Å²) in [4.78, 5) is 11.3. The van der Waals surface area contributed by atoms with Crippen LogP contribution in [0.5, 0.6) is 5.75 Å². The summed E-state index contributed by atoms with van der Waals surface area (Å²) in [7, 11) is 1.60. The molecule has 18 heavy (non-hydrogen) atoms. The van der Waals surface area contributed by atoms with E-state index in [4.69, 9.17) is 4.74 Å². The Morgan fingerprint density at radius 3 is 2.72 bits per heavy atom. The molecule has 3 aromatic rings. The first-order valence-electron chi connectivity index (χ1n) is 5.44. The van der Waals surface area contributed by atoms with Gasteiger partial charge in [0.15, 0.2) is 0 Å². The van der Waals surface area contributed by atoms with Crippen LogP contribution in [0, 0.1) is 0 Å². The van der Waals surface area contributed by atoms with E-state index in [1.54, 1.807) is 30.6 Å². The van der Waals surface area contributed by atoms with E-state index in [0.29, 0.717) is 5.56 Å². The molecule has 0 fully saturated rings. The number of fused-ring (bicyclic) bond motifs is 3. The second-order valence-electron chi connectivity index (χ2n) is 3.92. The molecule has 0 radical (unpaired) electrons. The first-order chi connectivity index (χ1) is 8.72. The molecule has 1 N–H and O–H groups in total. The molecule has 0 amide bonds. The summed E-state index contributed by atoms with van der Waals surface area (Å²) in [6, 6.07) is 11.1. The number of aromatic carboxylic acids is 1. The van der Waals surface area contributed by atoms with Gasteiger partial charge in [0, 0.05) is 15.5 Å². The molecule has 0 spiro atoms. The van der Waals surface area contributed by atoms with Gasteiger partial charge in [0.05, 0.1) is 17.4 Å². The number of hydrogen-bond acceptors (Lipinski definition) is 3. The Labute approximate surface area is 107 Å². The van der Waals surface area contributed by atoms with Crippen molar-refractivity contribution in [3.8, 4) is 5.75 Å². The van der Waals surface area contributed by atoms with Crippen LogP contribution < -0.4 is 4.74 Å². The van der Waals surface area contributed by atoms with Gasteiger partial charge in [0.1, 0.15) is 5.75 Å². The highest BCUT2D eigenvalue weighted by Gasteiger charge is 2.16. The van der Waals surface area contributed by atoms with Crippen molar-refractivity contribution in [1.82, 2.24) is 0 Å². The SMILES string of the molecule is COc1ccc(C(=O)O)c2c1sc1ccccc12. The Morgan fingerprint density at radius 1 is 1.22 bits per heavy atom. The normalized spacial score (nSPS) is 10.9. The molecule has 2 aromatic carbocycles. The van der Waals surface area contributed by atoms with E-state index < -0.39 is 5.97 Å². The van der Waals surface area contributed by atoms with Gasteiger partial charge in [-0.05, 0) is 18.2 Å². The second kappa shape index (κ2) is 3.99. The van der Waals surface area contributed by atoms with Crippen LogP contribution in [0.15, 0.2) is 36.4 Å². The molecule has 1 heterocycles. The largest absolute Gasteiger partial charge is 0.495 e. The van der Waals surface area contributed by atoms with Crippen LogP contribution in [0.25, 0.3) is 20.2 Å². The zero-order valence-electron chi connectivity index (χ0n) is 9.64. The van der Waals surface area contributed by atoms with Crippen molar-refractivity contribution in [2.24, 2.45) is 0 Å². The fraction of sp³-hybridized carbons (Fsp3) is 0.0714. The maximum atomic E-state index is 11.3. The average Bonchev–Trinajstić information content (AvgIpc) is 2.76. The summed E-state index contributed by atoms with van der Waals surface area (Å²) >= 11 is 1.56. The minimum atomic E-state index is -0.911. The third kappa shape index (κ3) is 1.46. The third-order valence-corrected chi connectivity index (χ3v) is 4.13. The molecule has 0 aliphatic carbocycles. The summed E-state index contributed by atoms with van der Waals surface area (Å²) in [6.45, 7) is 0. The predicted molar refractivity (Wildman–Crippen MR) is 72.8 cm³/mol. The minimum absolute atomic E-state index is 0.322. The van der Waals surface area contributed by atoms with Crippen molar-refractivity contribution in [1.29, 1.82) is 0 Å². The quantitative estimate of drug-likeness (QED) is 0.761. The minimum Gasteiger partial charge on any atom is -0.495 e. The van der Waals surface area contributed by atoms with E-state index in [-0.39, 0.29) is 0 Å². The highest BCUT2D eigenvalue weighted by molar-refractivity contribution is 7.26. The maximum absolute atomic E-state index is 11.3. The van der Waals surface area contributed by atoms with Gasteiger partial charge >= 0.3 is 5.97 Å². The van der Waals surface area contributed by atoms with E-state index in [1.807, 2.05) is 24.3 Å². The Kier molecular flexibility index (Phi) is 2.45. The van der Waals surface area contributed by atoms with Crippen LogP contribution in [0.3, 0.4) is 0 Å². The summed E-state index contributed by atoms with van der Waals surface area (Å²) < 4.78 is 7.27. The van der Waals surface area contributed by atoms with Crippen molar-refractivity contribution in [3.05, 3.63) is 42.0 Å². The first kappa shape index (κ1) is 11.0. The summed E-state index contributed by atoms with van der Waals surface area (Å²) in [5.41, 5.74) is 0.322. The van der Waals surface area contributed by atoms with Crippen LogP contribution in [-0.4, -0.2) is 18.2 Å². The molecule has 4 heteroatoms. The van der Waals surface area contributed by atoms with Gasteiger partial charge < -0.3 is 9.84 Å². The molecule has 1 aromatic heterocycles. The van der Waals surface area contributed by atoms with Gasteiger partial charge in [-0.15, -0.1) is 11.3 Å². The topological polar surface area (TPSA) is 46.5 Å². The molecule has 0 bridgehead atoms. The molecule has 0 atom stereocenters. The van der Waals surface area contributed by atoms with Crippen LogP contribution in [0.4, 0.5) is 0 Å². The van der Waals surface area contributed by atoms with E-state index in [0.717, 1.165) is 25.9 Å². The number of carbonyl (C=O) groups is 1. The van der Waals surface area contributed by atoms with E-state index in [2.05, 4.69) is 0 Å². The smallest absolute Gasteiger partial charge is 0.336 e. The van der Waals surface area contributed by atoms with Crippen molar-refractivity contribution in [2.45, 2.75) is 0 Å². The molecule has 0 saturated heterocycles. The summed E-state index contributed by atoms with van der Waals surface area (Å²) in [5, 5.41) is 11.0. The fourth-order valence-corrected chi connectivity index (χ4v) is 3.36. The average molecular weight is 258 g/mol. The standard InChI is InChI=1S/C14H10O3S/c1-17-10-7-6-9(14(15)16)12-8-4-2-3-5-11(8)18-13(10)12/h2-7H,1H3,(H,15,16). The lowest BCUT2D eigenvalue weighted by molar-refractivity contribution is 0.0699. The number of rotatable bonds is 2. The van der Waals surface area contributed by atoms with Gasteiger partial charge in [-0.25, -0.2) is 4.79 Å². The molecular weight excluding hydrogens is 248 g/mol. The Balaban J connectivity index is 2.56. The zero-order chi connectivity index (χ0) is 12.7. The lowest BCUT2D eigenvalue weighted by Gasteiger charge is -2.03.